The SMILES string of the molecule is CCc1cc2c(N)cccc2cn1. The molecule has 0 saturated carbocycles. The molecule has 66 valence electrons. The lowest BCUT2D eigenvalue weighted by molar-refractivity contribution is 1.05. The smallest absolute Gasteiger partial charge is 0.0408 e. The second kappa shape index (κ2) is 3.05. The maximum Gasteiger partial charge on any atom is 0.0408 e. The Kier molecular flexibility index (Phi) is 1.89. The third-order valence-electron chi connectivity index (χ3n) is 2.22. The van der Waals surface area contributed by atoms with Gasteiger partial charge in [0.2, 0.25) is 0 Å². The molecule has 0 aliphatic carbocycles. The molecule has 1 aromatic carbocycles. The predicted octanol–water partition coefficient (Wildman–Crippen LogP) is 2.38. The van der Waals surface area contributed by atoms with Gasteiger partial charge in [-0.15, -0.1) is 0 Å². The van der Waals surface area contributed by atoms with E-state index in [0.717, 1.165) is 28.6 Å². The van der Waals surface area contributed by atoms with E-state index in [1.807, 2.05) is 24.4 Å². The van der Waals surface area contributed by atoms with Crippen LogP contribution in [0.5, 0.6) is 0 Å². The summed E-state index contributed by atoms with van der Waals surface area (Å²) in [5.41, 5.74) is 7.77. The quantitative estimate of drug-likeness (QED) is 0.671. The van der Waals surface area contributed by atoms with E-state index >= 15 is 0 Å². The van der Waals surface area contributed by atoms with Gasteiger partial charge in [-0.2, -0.15) is 0 Å². The first-order chi connectivity index (χ1) is 6.31. The maximum atomic E-state index is 5.85. The van der Waals surface area contributed by atoms with E-state index < -0.39 is 0 Å². The zero-order valence-electron chi connectivity index (χ0n) is 7.62. The Morgan fingerprint density at radius 1 is 1.38 bits per heavy atom. The summed E-state index contributed by atoms with van der Waals surface area (Å²) >= 11 is 0. The molecule has 1 aromatic heterocycles. The Labute approximate surface area is 77.4 Å². The van der Waals surface area contributed by atoms with E-state index in [4.69, 9.17) is 5.73 Å². The van der Waals surface area contributed by atoms with E-state index in [9.17, 15) is 0 Å². The number of rotatable bonds is 1. The number of anilines is 1. The highest BCUT2D eigenvalue weighted by molar-refractivity contribution is 5.92. The summed E-state index contributed by atoms with van der Waals surface area (Å²) in [4.78, 5) is 4.31. The van der Waals surface area contributed by atoms with Crippen LogP contribution in [-0.2, 0) is 6.42 Å². The lowest BCUT2D eigenvalue weighted by Gasteiger charge is -2.02. The fourth-order valence-corrected chi connectivity index (χ4v) is 1.43. The van der Waals surface area contributed by atoms with Crippen molar-refractivity contribution in [2.45, 2.75) is 13.3 Å². The summed E-state index contributed by atoms with van der Waals surface area (Å²) in [6, 6.07) is 7.95. The molecule has 0 spiro atoms. The van der Waals surface area contributed by atoms with E-state index in [1.54, 1.807) is 0 Å². The number of hydrogen-bond donors (Lipinski definition) is 1. The van der Waals surface area contributed by atoms with Crippen molar-refractivity contribution in [3.8, 4) is 0 Å². The molecule has 0 fully saturated rings. The monoisotopic (exact) mass is 172 g/mol. The Morgan fingerprint density at radius 3 is 3.00 bits per heavy atom. The Morgan fingerprint density at radius 2 is 2.23 bits per heavy atom. The normalized spacial score (nSPS) is 10.5. The maximum absolute atomic E-state index is 5.85. The van der Waals surface area contributed by atoms with E-state index in [2.05, 4.69) is 18.0 Å². The number of pyridine rings is 1. The van der Waals surface area contributed by atoms with Gasteiger partial charge in [-0.3, -0.25) is 4.98 Å². The minimum absolute atomic E-state index is 0.828. The van der Waals surface area contributed by atoms with Crippen molar-refractivity contribution >= 4 is 16.5 Å². The van der Waals surface area contributed by atoms with Gasteiger partial charge in [0.15, 0.2) is 0 Å². The molecule has 0 amide bonds. The molecule has 0 unspecified atom stereocenters. The number of aromatic nitrogens is 1. The fourth-order valence-electron chi connectivity index (χ4n) is 1.43. The van der Waals surface area contributed by atoms with Crippen molar-refractivity contribution in [1.82, 2.24) is 4.98 Å². The molecular weight excluding hydrogens is 160 g/mol. The van der Waals surface area contributed by atoms with Gasteiger partial charge in [0.25, 0.3) is 0 Å². The molecule has 0 bridgehead atoms. The summed E-state index contributed by atoms with van der Waals surface area (Å²) < 4.78 is 0. The van der Waals surface area contributed by atoms with Gasteiger partial charge in [-0.25, -0.2) is 0 Å². The molecule has 0 atom stereocenters. The molecule has 13 heavy (non-hydrogen) atoms. The van der Waals surface area contributed by atoms with Crippen LogP contribution in [0.3, 0.4) is 0 Å². The second-order valence-electron chi connectivity index (χ2n) is 3.10. The molecule has 0 saturated heterocycles. The number of nitrogen functional groups attached to an aromatic ring is 1. The number of nitrogens with two attached hydrogens (primary N) is 1. The molecule has 2 nitrogen and oxygen atoms in total. The number of fused-ring (bicyclic) bond motifs is 1. The molecule has 2 N–H and O–H groups in total. The third kappa shape index (κ3) is 1.35. The molecule has 1 heterocycles. The minimum atomic E-state index is 0.828. The van der Waals surface area contributed by atoms with E-state index in [1.165, 1.54) is 0 Å². The second-order valence-corrected chi connectivity index (χ2v) is 3.10. The molecule has 2 heteroatoms. The first-order valence-corrected chi connectivity index (χ1v) is 4.44. The largest absolute Gasteiger partial charge is 0.398 e. The number of aryl methyl sites for hydroxylation is 1. The molecule has 0 radical (unpaired) electrons. The molecule has 2 rings (SSSR count). The average Bonchev–Trinajstić information content (AvgIpc) is 2.18. The molecule has 0 aliphatic rings. The van der Waals surface area contributed by atoms with Gasteiger partial charge in [0.1, 0.15) is 0 Å². The van der Waals surface area contributed by atoms with Crippen molar-refractivity contribution in [1.29, 1.82) is 0 Å². The summed E-state index contributed by atoms with van der Waals surface area (Å²) in [7, 11) is 0. The Hall–Kier alpha value is -1.57. The van der Waals surface area contributed by atoms with E-state index in [0.29, 0.717) is 0 Å². The van der Waals surface area contributed by atoms with Gasteiger partial charge in [-0.1, -0.05) is 19.1 Å². The summed E-state index contributed by atoms with van der Waals surface area (Å²) in [6.45, 7) is 2.09. The van der Waals surface area contributed by atoms with Crippen LogP contribution >= 0.6 is 0 Å². The first-order valence-electron chi connectivity index (χ1n) is 4.44. The van der Waals surface area contributed by atoms with Gasteiger partial charge in [-0.05, 0) is 18.6 Å². The van der Waals surface area contributed by atoms with Gasteiger partial charge >= 0.3 is 0 Å². The van der Waals surface area contributed by atoms with Crippen LogP contribution in [0, 0.1) is 0 Å². The van der Waals surface area contributed by atoms with Crippen LogP contribution in [0.1, 0.15) is 12.6 Å². The van der Waals surface area contributed by atoms with Gasteiger partial charge in [0.05, 0.1) is 0 Å². The van der Waals surface area contributed by atoms with Crippen LogP contribution in [0.2, 0.25) is 0 Å². The van der Waals surface area contributed by atoms with Crippen molar-refractivity contribution in [3.05, 3.63) is 36.2 Å². The number of nitrogens with zero attached hydrogens (tertiary/aromatic N) is 1. The van der Waals surface area contributed by atoms with Crippen LogP contribution < -0.4 is 5.73 Å². The Balaban J connectivity index is 2.74. The third-order valence-corrected chi connectivity index (χ3v) is 2.22. The first kappa shape index (κ1) is 8.05. The van der Waals surface area contributed by atoms with Crippen LogP contribution in [0.4, 0.5) is 5.69 Å². The molecule has 0 aliphatic heterocycles. The van der Waals surface area contributed by atoms with E-state index in [-0.39, 0.29) is 0 Å². The summed E-state index contributed by atoms with van der Waals surface area (Å²) in [6.07, 6.45) is 2.83. The van der Waals surface area contributed by atoms with Crippen LogP contribution in [-0.4, -0.2) is 4.98 Å². The van der Waals surface area contributed by atoms with Gasteiger partial charge < -0.3 is 5.73 Å². The van der Waals surface area contributed by atoms with Crippen molar-refractivity contribution in [3.63, 3.8) is 0 Å². The highest BCUT2D eigenvalue weighted by atomic mass is 14.7. The number of hydrogen-bond acceptors (Lipinski definition) is 2. The highest BCUT2D eigenvalue weighted by Gasteiger charge is 1.98. The zero-order chi connectivity index (χ0) is 9.26. The Bertz CT molecular complexity index is 435. The standard InChI is InChI=1S/C11H12N2/c1-2-9-6-10-8(7-13-9)4-3-5-11(10)12/h3-7H,2,12H2,1H3. The average molecular weight is 172 g/mol. The van der Waals surface area contributed by atoms with Crippen molar-refractivity contribution < 1.29 is 0 Å². The van der Waals surface area contributed by atoms with Crippen molar-refractivity contribution in [2.75, 3.05) is 5.73 Å². The molecule has 2 aromatic rings. The van der Waals surface area contributed by atoms with Crippen LogP contribution in [0.25, 0.3) is 10.8 Å². The van der Waals surface area contributed by atoms with Gasteiger partial charge in [0, 0.05) is 28.4 Å². The predicted molar refractivity (Wildman–Crippen MR) is 55.5 cm³/mol. The minimum Gasteiger partial charge on any atom is -0.398 e. The lowest BCUT2D eigenvalue weighted by Crippen LogP contribution is -1.90. The highest BCUT2D eigenvalue weighted by Crippen LogP contribution is 2.20. The summed E-state index contributed by atoms with van der Waals surface area (Å²) in [5.74, 6) is 0. The van der Waals surface area contributed by atoms with Crippen LogP contribution in [0.15, 0.2) is 30.5 Å². The van der Waals surface area contributed by atoms with Crippen molar-refractivity contribution in [2.24, 2.45) is 0 Å². The zero-order valence-corrected chi connectivity index (χ0v) is 7.62. The topological polar surface area (TPSA) is 38.9 Å². The number of benzene rings is 1. The molecular formula is C11H12N2. The fraction of sp³-hybridized carbons (Fsp3) is 0.182. The lowest BCUT2D eigenvalue weighted by atomic mass is 10.1. The summed E-state index contributed by atoms with van der Waals surface area (Å²) in [5, 5.41) is 2.21.